The molecule has 0 radical (unpaired) electrons. The van der Waals surface area contributed by atoms with Crippen LogP contribution in [0.5, 0.6) is 5.75 Å². The molecular formula is C17H29NO2. The van der Waals surface area contributed by atoms with Gasteiger partial charge in [-0.3, -0.25) is 0 Å². The summed E-state index contributed by atoms with van der Waals surface area (Å²) in [5, 5.41) is 12.5. The number of rotatable bonds is 7. The van der Waals surface area contributed by atoms with Gasteiger partial charge in [-0.25, -0.2) is 0 Å². The van der Waals surface area contributed by atoms with Crippen molar-refractivity contribution in [1.29, 1.82) is 0 Å². The van der Waals surface area contributed by atoms with Crippen molar-refractivity contribution in [2.45, 2.75) is 52.5 Å². The van der Waals surface area contributed by atoms with Crippen LogP contribution in [0.25, 0.3) is 0 Å². The molecule has 1 aromatic rings. The third kappa shape index (κ3) is 5.14. The van der Waals surface area contributed by atoms with Crippen molar-refractivity contribution in [3.63, 3.8) is 0 Å². The maximum atomic E-state index is 9.26. The zero-order chi connectivity index (χ0) is 15.2. The predicted molar refractivity (Wildman–Crippen MR) is 84.5 cm³/mol. The summed E-state index contributed by atoms with van der Waals surface area (Å²) in [6.45, 7) is 12.3. The van der Waals surface area contributed by atoms with Crippen LogP contribution in [0.15, 0.2) is 18.2 Å². The van der Waals surface area contributed by atoms with Crippen molar-refractivity contribution in [3.8, 4) is 5.75 Å². The van der Waals surface area contributed by atoms with E-state index in [-0.39, 0.29) is 18.1 Å². The van der Waals surface area contributed by atoms with E-state index >= 15 is 0 Å². The number of benzene rings is 1. The van der Waals surface area contributed by atoms with E-state index in [1.54, 1.807) is 0 Å². The van der Waals surface area contributed by atoms with E-state index in [4.69, 9.17) is 4.74 Å². The van der Waals surface area contributed by atoms with Crippen LogP contribution in [0.3, 0.4) is 0 Å². The van der Waals surface area contributed by atoms with E-state index in [0.29, 0.717) is 6.61 Å². The largest absolute Gasteiger partial charge is 0.493 e. The topological polar surface area (TPSA) is 41.5 Å². The Kier molecular flexibility index (Phi) is 6.50. The van der Waals surface area contributed by atoms with Crippen molar-refractivity contribution < 1.29 is 9.84 Å². The van der Waals surface area contributed by atoms with Crippen molar-refractivity contribution in [1.82, 2.24) is 5.32 Å². The molecule has 20 heavy (non-hydrogen) atoms. The molecule has 0 aliphatic carbocycles. The highest BCUT2D eigenvalue weighted by Crippen LogP contribution is 2.32. The van der Waals surface area contributed by atoms with Crippen LogP contribution in [0.1, 0.15) is 45.2 Å². The highest BCUT2D eigenvalue weighted by atomic mass is 16.5. The lowest BCUT2D eigenvalue weighted by Gasteiger charge is -2.24. The normalized spacial score (nSPS) is 13.3. The third-order valence-corrected chi connectivity index (χ3v) is 3.38. The second-order valence-corrected chi connectivity index (χ2v) is 6.32. The van der Waals surface area contributed by atoms with Crippen LogP contribution in [0.2, 0.25) is 0 Å². The van der Waals surface area contributed by atoms with Gasteiger partial charge in [0.1, 0.15) is 5.75 Å². The minimum absolute atomic E-state index is 0.0705. The number of hydrogen-bond acceptors (Lipinski definition) is 3. The molecule has 0 aliphatic rings. The average molecular weight is 279 g/mol. The minimum Gasteiger partial charge on any atom is -0.493 e. The molecule has 1 aromatic carbocycles. The minimum atomic E-state index is 0.0705. The molecule has 114 valence electrons. The molecule has 1 atom stereocenters. The van der Waals surface area contributed by atoms with Crippen molar-refractivity contribution >= 4 is 0 Å². The summed E-state index contributed by atoms with van der Waals surface area (Å²) >= 11 is 0. The van der Waals surface area contributed by atoms with Gasteiger partial charge in [-0.15, -0.1) is 0 Å². The average Bonchev–Trinajstić information content (AvgIpc) is 2.36. The zero-order valence-electron chi connectivity index (χ0n) is 13.5. The van der Waals surface area contributed by atoms with Gasteiger partial charge in [0.2, 0.25) is 0 Å². The van der Waals surface area contributed by atoms with E-state index in [1.165, 1.54) is 11.1 Å². The Morgan fingerprint density at radius 2 is 2.00 bits per heavy atom. The fraction of sp³-hybridized carbons (Fsp3) is 0.647. The molecule has 0 saturated heterocycles. The standard InChI is InChI=1S/C17H29NO2/c1-6-18-14(12-19)9-10-20-16-11-13(2)7-8-15(16)17(3,4)5/h7-8,11,14,18-19H,6,9-10,12H2,1-5H3. The number of aliphatic hydroxyl groups is 1. The van der Waals surface area contributed by atoms with E-state index in [1.807, 2.05) is 6.92 Å². The molecular weight excluding hydrogens is 250 g/mol. The van der Waals surface area contributed by atoms with Gasteiger partial charge in [0.05, 0.1) is 13.2 Å². The Bertz CT molecular complexity index is 410. The summed E-state index contributed by atoms with van der Waals surface area (Å²) in [7, 11) is 0. The fourth-order valence-corrected chi connectivity index (χ4v) is 2.23. The number of ether oxygens (including phenoxy) is 1. The lowest BCUT2D eigenvalue weighted by molar-refractivity contribution is 0.209. The monoisotopic (exact) mass is 279 g/mol. The molecule has 0 aliphatic heterocycles. The Labute approximate surface area is 123 Å². The maximum Gasteiger partial charge on any atom is 0.123 e. The van der Waals surface area contributed by atoms with Gasteiger partial charge in [-0.1, -0.05) is 39.8 Å². The maximum absolute atomic E-state index is 9.26. The molecule has 0 spiro atoms. The summed E-state index contributed by atoms with van der Waals surface area (Å²) < 4.78 is 5.97. The van der Waals surface area contributed by atoms with Gasteiger partial charge in [0, 0.05) is 6.04 Å². The van der Waals surface area contributed by atoms with Gasteiger partial charge in [-0.2, -0.15) is 0 Å². The van der Waals surface area contributed by atoms with Gasteiger partial charge in [0.15, 0.2) is 0 Å². The predicted octanol–water partition coefficient (Wildman–Crippen LogP) is 3.03. The molecule has 3 heteroatoms. The SMILES string of the molecule is CCNC(CO)CCOc1cc(C)ccc1C(C)(C)C. The molecule has 3 nitrogen and oxygen atoms in total. The molecule has 0 saturated carbocycles. The molecule has 1 unspecified atom stereocenters. The highest BCUT2D eigenvalue weighted by molar-refractivity contribution is 5.41. The Balaban J connectivity index is 2.69. The smallest absolute Gasteiger partial charge is 0.123 e. The first kappa shape index (κ1) is 17.0. The number of nitrogens with one attached hydrogen (secondary N) is 1. The van der Waals surface area contributed by atoms with Crippen LogP contribution in [-0.2, 0) is 5.41 Å². The van der Waals surface area contributed by atoms with E-state index in [2.05, 4.69) is 51.2 Å². The highest BCUT2D eigenvalue weighted by Gasteiger charge is 2.19. The lowest BCUT2D eigenvalue weighted by Crippen LogP contribution is -2.33. The summed E-state index contributed by atoms with van der Waals surface area (Å²) in [5.41, 5.74) is 2.51. The van der Waals surface area contributed by atoms with Crippen LogP contribution < -0.4 is 10.1 Å². The second kappa shape index (κ2) is 7.65. The third-order valence-electron chi connectivity index (χ3n) is 3.38. The number of aliphatic hydroxyl groups excluding tert-OH is 1. The summed E-state index contributed by atoms with van der Waals surface area (Å²) in [5.74, 6) is 0.964. The van der Waals surface area contributed by atoms with Crippen LogP contribution in [0, 0.1) is 6.92 Å². The Morgan fingerprint density at radius 3 is 2.55 bits per heavy atom. The number of aryl methyl sites for hydroxylation is 1. The zero-order valence-corrected chi connectivity index (χ0v) is 13.5. The fourth-order valence-electron chi connectivity index (χ4n) is 2.23. The molecule has 0 bridgehead atoms. The molecule has 0 fully saturated rings. The first-order valence-electron chi connectivity index (χ1n) is 7.46. The second-order valence-electron chi connectivity index (χ2n) is 6.32. The first-order chi connectivity index (χ1) is 9.38. The summed E-state index contributed by atoms with van der Waals surface area (Å²) in [6.07, 6.45) is 0.807. The Hall–Kier alpha value is -1.06. The lowest BCUT2D eigenvalue weighted by atomic mass is 9.86. The van der Waals surface area contributed by atoms with E-state index in [9.17, 15) is 5.11 Å². The number of hydrogen-bond donors (Lipinski definition) is 2. The molecule has 0 aromatic heterocycles. The summed E-state index contributed by atoms with van der Waals surface area (Å²) in [4.78, 5) is 0. The van der Waals surface area contributed by atoms with E-state index in [0.717, 1.165) is 18.7 Å². The van der Waals surface area contributed by atoms with Gasteiger partial charge in [-0.05, 0) is 42.5 Å². The summed E-state index contributed by atoms with van der Waals surface area (Å²) in [6, 6.07) is 6.49. The van der Waals surface area contributed by atoms with Gasteiger partial charge >= 0.3 is 0 Å². The molecule has 2 N–H and O–H groups in total. The van der Waals surface area contributed by atoms with Crippen LogP contribution in [0.4, 0.5) is 0 Å². The first-order valence-corrected chi connectivity index (χ1v) is 7.46. The van der Waals surface area contributed by atoms with Crippen LogP contribution in [-0.4, -0.2) is 30.9 Å². The molecule has 0 amide bonds. The quantitative estimate of drug-likeness (QED) is 0.806. The Morgan fingerprint density at radius 1 is 1.30 bits per heavy atom. The molecule has 1 rings (SSSR count). The van der Waals surface area contributed by atoms with Crippen molar-refractivity contribution in [3.05, 3.63) is 29.3 Å². The number of likely N-dealkylation sites (N-methyl/N-ethyl adjacent to an activating group) is 1. The van der Waals surface area contributed by atoms with Gasteiger partial charge in [0.25, 0.3) is 0 Å². The van der Waals surface area contributed by atoms with Gasteiger partial charge < -0.3 is 15.2 Å². The van der Waals surface area contributed by atoms with Crippen molar-refractivity contribution in [2.24, 2.45) is 0 Å². The van der Waals surface area contributed by atoms with E-state index < -0.39 is 0 Å². The molecule has 0 heterocycles. The van der Waals surface area contributed by atoms with Crippen molar-refractivity contribution in [2.75, 3.05) is 19.8 Å². The van der Waals surface area contributed by atoms with Crippen LogP contribution >= 0.6 is 0 Å².